The molecule has 2 atom stereocenters. The molecule has 0 saturated carbocycles. The molecule has 0 spiro atoms. The minimum absolute atomic E-state index is 0.0635. The number of rotatable bonds is 4. The molecule has 0 aliphatic carbocycles. The van der Waals surface area contributed by atoms with Crippen LogP contribution in [0, 0.1) is 17.2 Å². The van der Waals surface area contributed by atoms with E-state index >= 15 is 0 Å². The van der Waals surface area contributed by atoms with E-state index in [0.29, 0.717) is 6.54 Å². The molecule has 1 heterocycles. The number of amides is 1. The predicted molar refractivity (Wildman–Crippen MR) is 66.3 cm³/mol. The summed E-state index contributed by atoms with van der Waals surface area (Å²) in [5.41, 5.74) is -0.537. The maximum absolute atomic E-state index is 11.6. The van der Waals surface area contributed by atoms with E-state index < -0.39 is 5.54 Å². The van der Waals surface area contributed by atoms with Crippen molar-refractivity contribution in [1.82, 2.24) is 15.5 Å². The van der Waals surface area contributed by atoms with Gasteiger partial charge < -0.3 is 10.6 Å². The molecule has 5 heteroatoms. The number of carbonyl (C=O) groups is 1. The van der Waals surface area contributed by atoms with Gasteiger partial charge >= 0.3 is 0 Å². The van der Waals surface area contributed by atoms with E-state index in [1.54, 1.807) is 14.1 Å². The van der Waals surface area contributed by atoms with Crippen LogP contribution in [0.25, 0.3) is 0 Å². The van der Waals surface area contributed by atoms with Crippen LogP contribution < -0.4 is 10.6 Å². The van der Waals surface area contributed by atoms with Crippen LogP contribution >= 0.6 is 0 Å². The van der Waals surface area contributed by atoms with E-state index in [4.69, 9.17) is 5.26 Å². The molecule has 1 aliphatic rings. The molecule has 1 rings (SSSR count). The Morgan fingerprint density at radius 1 is 1.59 bits per heavy atom. The highest BCUT2D eigenvalue weighted by molar-refractivity contribution is 5.78. The van der Waals surface area contributed by atoms with Crippen LogP contribution in [-0.2, 0) is 4.79 Å². The van der Waals surface area contributed by atoms with Crippen molar-refractivity contribution in [2.75, 3.05) is 33.7 Å². The van der Waals surface area contributed by atoms with Gasteiger partial charge in [-0.05, 0) is 33.4 Å². The first-order chi connectivity index (χ1) is 8.04. The second-order valence-electron chi connectivity index (χ2n) is 4.88. The molecule has 1 saturated heterocycles. The zero-order valence-electron chi connectivity index (χ0n) is 10.9. The van der Waals surface area contributed by atoms with Crippen molar-refractivity contribution >= 4 is 5.91 Å². The topological polar surface area (TPSA) is 68.2 Å². The standard InChI is InChI=1S/C12H22N4O/c1-12(8-13,15-3)9-16-6-4-5-10(7-16)11(17)14-2/h10,15H,4-7,9H2,1-3H3,(H,14,17). The van der Waals surface area contributed by atoms with Gasteiger partial charge in [0.05, 0.1) is 12.0 Å². The van der Waals surface area contributed by atoms with E-state index in [-0.39, 0.29) is 11.8 Å². The normalized spacial score (nSPS) is 24.7. The summed E-state index contributed by atoms with van der Waals surface area (Å²) in [5.74, 6) is 0.173. The molecule has 5 nitrogen and oxygen atoms in total. The summed E-state index contributed by atoms with van der Waals surface area (Å²) in [6.07, 6.45) is 1.96. The highest BCUT2D eigenvalue weighted by Gasteiger charge is 2.30. The van der Waals surface area contributed by atoms with Crippen molar-refractivity contribution in [2.45, 2.75) is 25.3 Å². The Morgan fingerprint density at radius 2 is 2.29 bits per heavy atom. The number of carbonyl (C=O) groups excluding carboxylic acids is 1. The van der Waals surface area contributed by atoms with Crippen molar-refractivity contribution < 1.29 is 4.79 Å². The Morgan fingerprint density at radius 3 is 2.82 bits per heavy atom. The summed E-state index contributed by atoms with van der Waals surface area (Å²) in [6.45, 7) is 4.26. The third kappa shape index (κ3) is 3.69. The summed E-state index contributed by atoms with van der Waals surface area (Å²) in [6, 6.07) is 2.28. The SMILES string of the molecule is CNC(=O)C1CCCN(CC(C)(C#N)NC)C1. The number of nitriles is 1. The first-order valence-electron chi connectivity index (χ1n) is 6.09. The number of hydrogen-bond donors (Lipinski definition) is 2. The molecule has 1 aliphatic heterocycles. The number of nitrogens with zero attached hydrogens (tertiary/aromatic N) is 2. The first-order valence-corrected chi connectivity index (χ1v) is 6.09. The van der Waals surface area contributed by atoms with Crippen molar-refractivity contribution in [2.24, 2.45) is 5.92 Å². The fourth-order valence-corrected chi connectivity index (χ4v) is 2.23. The van der Waals surface area contributed by atoms with Gasteiger partial charge in [0.25, 0.3) is 0 Å². The Hall–Kier alpha value is -1.12. The van der Waals surface area contributed by atoms with Gasteiger partial charge in [-0.3, -0.25) is 9.69 Å². The lowest BCUT2D eigenvalue weighted by Crippen LogP contribution is -2.52. The number of likely N-dealkylation sites (tertiary alicyclic amines) is 1. The molecule has 0 aromatic rings. The molecular weight excluding hydrogens is 216 g/mol. The summed E-state index contributed by atoms with van der Waals surface area (Å²) in [4.78, 5) is 13.8. The lowest BCUT2D eigenvalue weighted by Gasteiger charge is -2.35. The molecule has 1 amide bonds. The van der Waals surface area contributed by atoms with E-state index in [1.807, 2.05) is 6.92 Å². The zero-order valence-corrected chi connectivity index (χ0v) is 10.9. The van der Waals surface area contributed by atoms with Crippen LogP contribution in [0.1, 0.15) is 19.8 Å². The Balaban J connectivity index is 2.56. The Kier molecular flexibility index (Phi) is 4.91. The van der Waals surface area contributed by atoms with Gasteiger partial charge in [-0.2, -0.15) is 5.26 Å². The second-order valence-corrected chi connectivity index (χ2v) is 4.88. The monoisotopic (exact) mass is 238 g/mol. The molecule has 96 valence electrons. The number of piperidine rings is 1. The van der Waals surface area contributed by atoms with Crippen LogP contribution in [0.15, 0.2) is 0 Å². The molecule has 2 unspecified atom stereocenters. The number of likely N-dealkylation sites (N-methyl/N-ethyl adjacent to an activating group) is 1. The Bertz CT molecular complexity index is 312. The second kappa shape index (κ2) is 5.99. The summed E-state index contributed by atoms with van der Waals surface area (Å²) < 4.78 is 0. The fourth-order valence-electron chi connectivity index (χ4n) is 2.23. The van der Waals surface area contributed by atoms with Crippen LogP contribution in [0.2, 0.25) is 0 Å². The number of nitrogens with one attached hydrogen (secondary N) is 2. The third-order valence-electron chi connectivity index (χ3n) is 3.46. The zero-order chi connectivity index (χ0) is 12.9. The van der Waals surface area contributed by atoms with Gasteiger partial charge in [-0.15, -0.1) is 0 Å². The smallest absolute Gasteiger partial charge is 0.224 e. The lowest BCUT2D eigenvalue weighted by molar-refractivity contribution is -0.126. The van der Waals surface area contributed by atoms with Gasteiger partial charge in [0, 0.05) is 20.1 Å². The van der Waals surface area contributed by atoms with Gasteiger partial charge in [-0.25, -0.2) is 0 Å². The summed E-state index contributed by atoms with van der Waals surface area (Å²) in [7, 11) is 3.47. The molecule has 0 aromatic heterocycles. The molecular formula is C12H22N4O. The van der Waals surface area contributed by atoms with Gasteiger partial charge in [0.1, 0.15) is 5.54 Å². The lowest BCUT2D eigenvalue weighted by atomic mass is 9.95. The summed E-state index contributed by atoms with van der Waals surface area (Å²) >= 11 is 0. The van der Waals surface area contributed by atoms with Crippen molar-refractivity contribution in [3.05, 3.63) is 0 Å². The van der Waals surface area contributed by atoms with Gasteiger partial charge in [-0.1, -0.05) is 0 Å². The highest BCUT2D eigenvalue weighted by Crippen LogP contribution is 2.18. The molecule has 0 aromatic carbocycles. The van der Waals surface area contributed by atoms with Crippen LogP contribution in [0.3, 0.4) is 0 Å². The highest BCUT2D eigenvalue weighted by atomic mass is 16.1. The third-order valence-corrected chi connectivity index (χ3v) is 3.46. The van der Waals surface area contributed by atoms with Gasteiger partial charge in [0.15, 0.2) is 0 Å². The Labute approximate surface area is 103 Å². The van der Waals surface area contributed by atoms with Crippen molar-refractivity contribution in [3.8, 4) is 6.07 Å². The van der Waals surface area contributed by atoms with Crippen molar-refractivity contribution in [3.63, 3.8) is 0 Å². The fraction of sp³-hybridized carbons (Fsp3) is 0.833. The number of hydrogen-bond acceptors (Lipinski definition) is 4. The maximum atomic E-state index is 11.6. The molecule has 1 fully saturated rings. The minimum Gasteiger partial charge on any atom is -0.359 e. The van der Waals surface area contributed by atoms with Crippen LogP contribution in [-0.4, -0.2) is 50.1 Å². The molecule has 0 radical (unpaired) electrons. The van der Waals surface area contributed by atoms with Crippen LogP contribution in [0.5, 0.6) is 0 Å². The maximum Gasteiger partial charge on any atom is 0.224 e. The van der Waals surface area contributed by atoms with Gasteiger partial charge in [0.2, 0.25) is 5.91 Å². The van der Waals surface area contributed by atoms with E-state index in [9.17, 15) is 4.79 Å². The van der Waals surface area contributed by atoms with Crippen LogP contribution in [0.4, 0.5) is 0 Å². The van der Waals surface area contributed by atoms with Crippen molar-refractivity contribution in [1.29, 1.82) is 5.26 Å². The average Bonchev–Trinajstić information content (AvgIpc) is 2.38. The average molecular weight is 238 g/mol. The molecule has 2 N–H and O–H groups in total. The molecule has 17 heavy (non-hydrogen) atoms. The van der Waals surface area contributed by atoms with E-state index in [1.165, 1.54) is 0 Å². The predicted octanol–water partition coefficient (Wildman–Crippen LogP) is -0.0539. The largest absolute Gasteiger partial charge is 0.359 e. The van der Waals surface area contributed by atoms with E-state index in [0.717, 1.165) is 25.9 Å². The summed E-state index contributed by atoms with van der Waals surface area (Å²) in [5, 5.41) is 14.8. The first kappa shape index (κ1) is 13.9. The quantitative estimate of drug-likeness (QED) is 0.720. The minimum atomic E-state index is -0.537. The molecule has 0 bridgehead atoms. The van der Waals surface area contributed by atoms with E-state index in [2.05, 4.69) is 21.6 Å².